The molecule has 2 atom stereocenters. The number of ether oxygens (including phenoxy) is 2. The van der Waals surface area contributed by atoms with E-state index in [2.05, 4.69) is 46.2 Å². The zero-order chi connectivity index (χ0) is 17.4. The first-order valence-corrected chi connectivity index (χ1v) is 9.30. The number of anilines is 1. The summed E-state index contributed by atoms with van der Waals surface area (Å²) in [5, 5.41) is 3.29. The van der Waals surface area contributed by atoms with Gasteiger partial charge in [0.05, 0.1) is 24.7 Å². The van der Waals surface area contributed by atoms with Crippen LogP contribution in [0.25, 0.3) is 21.3 Å². The van der Waals surface area contributed by atoms with Gasteiger partial charge in [-0.25, -0.2) is 9.97 Å². The SMILES string of the molecule is COc1ccc(-c2csc3ncnc(N4C[C@@H](C)O[C@@H](C)C4)c23)cc1. The Morgan fingerprint density at radius 2 is 1.84 bits per heavy atom. The van der Waals surface area contributed by atoms with Gasteiger partial charge in [-0.05, 0) is 31.5 Å². The Hall–Kier alpha value is -2.18. The molecule has 0 N–H and O–H groups in total. The lowest BCUT2D eigenvalue weighted by molar-refractivity contribution is -0.00537. The van der Waals surface area contributed by atoms with Crippen molar-refractivity contribution in [1.82, 2.24) is 9.97 Å². The molecular formula is C19H21N3O2S. The zero-order valence-corrected chi connectivity index (χ0v) is 15.4. The van der Waals surface area contributed by atoms with Gasteiger partial charge in [-0.2, -0.15) is 0 Å². The van der Waals surface area contributed by atoms with Crippen LogP contribution in [-0.2, 0) is 4.74 Å². The van der Waals surface area contributed by atoms with E-state index in [0.717, 1.165) is 40.4 Å². The summed E-state index contributed by atoms with van der Waals surface area (Å²) in [5.41, 5.74) is 2.32. The Bertz CT molecular complexity index is 868. The maximum absolute atomic E-state index is 5.88. The molecule has 0 radical (unpaired) electrons. The fraction of sp³-hybridized carbons (Fsp3) is 0.368. The van der Waals surface area contributed by atoms with Crippen molar-refractivity contribution in [3.8, 4) is 16.9 Å². The molecule has 3 heterocycles. The Morgan fingerprint density at radius 1 is 1.12 bits per heavy atom. The summed E-state index contributed by atoms with van der Waals surface area (Å²) in [6, 6.07) is 8.14. The summed E-state index contributed by atoms with van der Waals surface area (Å²) >= 11 is 1.66. The lowest BCUT2D eigenvalue weighted by Gasteiger charge is -2.36. The molecule has 0 unspecified atom stereocenters. The number of nitrogens with zero attached hydrogens (tertiary/aromatic N) is 3. The van der Waals surface area contributed by atoms with Gasteiger partial charge in [0.2, 0.25) is 0 Å². The Labute approximate surface area is 151 Å². The Balaban J connectivity index is 1.81. The van der Waals surface area contributed by atoms with E-state index in [-0.39, 0.29) is 12.2 Å². The minimum Gasteiger partial charge on any atom is -0.497 e. The number of hydrogen-bond donors (Lipinski definition) is 0. The molecule has 25 heavy (non-hydrogen) atoms. The van der Waals surface area contributed by atoms with Crippen molar-refractivity contribution >= 4 is 27.4 Å². The van der Waals surface area contributed by atoms with Crippen LogP contribution in [-0.4, -0.2) is 42.4 Å². The molecule has 1 saturated heterocycles. The highest BCUT2D eigenvalue weighted by Crippen LogP contribution is 2.38. The summed E-state index contributed by atoms with van der Waals surface area (Å²) in [7, 11) is 1.68. The van der Waals surface area contributed by atoms with Crippen molar-refractivity contribution in [2.45, 2.75) is 26.1 Å². The second-order valence-electron chi connectivity index (χ2n) is 6.42. The number of aromatic nitrogens is 2. The van der Waals surface area contributed by atoms with Gasteiger partial charge in [0.25, 0.3) is 0 Å². The van der Waals surface area contributed by atoms with Crippen LogP contribution in [0.15, 0.2) is 36.0 Å². The molecule has 2 aromatic heterocycles. The number of rotatable bonds is 3. The minimum absolute atomic E-state index is 0.192. The summed E-state index contributed by atoms with van der Waals surface area (Å²) in [4.78, 5) is 12.5. The topological polar surface area (TPSA) is 47.5 Å². The number of morpholine rings is 1. The molecule has 1 aliphatic rings. The highest BCUT2D eigenvalue weighted by Gasteiger charge is 2.26. The van der Waals surface area contributed by atoms with E-state index in [9.17, 15) is 0 Å². The largest absolute Gasteiger partial charge is 0.497 e. The van der Waals surface area contributed by atoms with E-state index >= 15 is 0 Å². The van der Waals surface area contributed by atoms with Crippen LogP contribution in [0, 0.1) is 0 Å². The van der Waals surface area contributed by atoms with Gasteiger partial charge in [0.1, 0.15) is 22.7 Å². The normalized spacial score (nSPS) is 20.8. The van der Waals surface area contributed by atoms with E-state index in [1.807, 2.05) is 12.1 Å². The van der Waals surface area contributed by atoms with Crippen LogP contribution in [0.1, 0.15) is 13.8 Å². The van der Waals surface area contributed by atoms with E-state index in [0.29, 0.717) is 0 Å². The molecule has 4 rings (SSSR count). The van der Waals surface area contributed by atoms with Crippen molar-refractivity contribution in [2.75, 3.05) is 25.1 Å². The summed E-state index contributed by atoms with van der Waals surface area (Å²) in [5.74, 6) is 1.86. The minimum atomic E-state index is 0.192. The quantitative estimate of drug-likeness (QED) is 0.711. The second-order valence-corrected chi connectivity index (χ2v) is 7.28. The van der Waals surface area contributed by atoms with Crippen molar-refractivity contribution in [2.24, 2.45) is 0 Å². The van der Waals surface area contributed by atoms with Gasteiger partial charge in [0, 0.05) is 24.0 Å². The summed E-state index contributed by atoms with van der Waals surface area (Å²) in [6.45, 7) is 5.90. The Kier molecular flexibility index (Phi) is 4.31. The summed E-state index contributed by atoms with van der Waals surface area (Å²) in [6.07, 6.45) is 2.05. The average molecular weight is 355 g/mol. The van der Waals surface area contributed by atoms with Gasteiger partial charge >= 0.3 is 0 Å². The van der Waals surface area contributed by atoms with Crippen LogP contribution < -0.4 is 9.64 Å². The standard InChI is InChI=1S/C19H21N3O2S/c1-12-8-22(9-13(2)24-12)18-17-16(10-25-19(17)21-11-20-18)14-4-6-15(23-3)7-5-14/h4-7,10-13H,8-9H2,1-3H3/t12-,13+. The maximum Gasteiger partial charge on any atom is 0.141 e. The van der Waals surface area contributed by atoms with E-state index in [1.54, 1.807) is 24.8 Å². The van der Waals surface area contributed by atoms with Gasteiger partial charge in [-0.3, -0.25) is 0 Å². The first-order chi connectivity index (χ1) is 12.2. The second kappa shape index (κ2) is 6.61. The van der Waals surface area contributed by atoms with Crippen LogP contribution in [0.2, 0.25) is 0 Å². The first-order valence-electron chi connectivity index (χ1n) is 8.42. The van der Waals surface area contributed by atoms with Crippen LogP contribution in [0.4, 0.5) is 5.82 Å². The first kappa shape index (κ1) is 16.3. The molecule has 0 spiro atoms. The number of hydrogen-bond acceptors (Lipinski definition) is 6. The number of methoxy groups -OCH3 is 1. The molecular weight excluding hydrogens is 334 g/mol. The lowest BCUT2D eigenvalue weighted by atomic mass is 10.1. The van der Waals surface area contributed by atoms with Crippen molar-refractivity contribution in [3.05, 3.63) is 36.0 Å². The Morgan fingerprint density at radius 3 is 2.52 bits per heavy atom. The predicted molar refractivity (Wildman–Crippen MR) is 102 cm³/mol. The third-order valence-electron chi connectivity index (χ3n) is 4.47. The molecule has 5 nitrogen and oxygen atoms in total. The molecule has 1 fully saturated rings. The molecule has 130 valence electrons. The fourth-order valence-electron chi connectivity index (χ4n) is 3.43. The van der Waals surface area contributed by atoms with Crippen LogP contribution in [0.3, 0.4) is 0 Å². The average Bonchev–Trinajstić information content (AvgIpc) is 3.05. The number of fused-ring (bicyclic) bond motifs is 1. The van der Waals surface area contributed by atoms with Crippen LogP contribution >= 0.6 is 11.3 Å². The molecule has 1 aliphatic heterocycles. The summed E-state index contributed by atoms with van der Waals surface area (Å²) < 4.78 is 11.1. The van der Waals surface area contributed by atoms with E-state index in [1.165, 1.54) is 5.56 Å². The highest BCUT2D eigenvalue weighted by atomic mass is 32.1. The molecule has 3 aromatic rings. The van der Waals surface area contributed by atoms with Gasteiger partial charge in [-0.1, -0.05) is 12.1 Å². The predicted octanol–water partition coefficient (Wildman–Crippen LogP) is 3.98. The molecule has 6 heteroatoms. The molecule has 0 saturated carbocycles. The zero-order valence-electron chi connectivity index (χ0n) is 14.6. The fourth-order valence-corrected chi connectivity index (χ4v) is 4.34. The number of benzene rings is 1. The molecule has 0 amide bonds. The highest BCUT2D eigenvalue weighted by molar-refractivity contribution is 7.17. The smallest absolute Gasteiger partial charge is 0.141 e. The van der Waals surface area contributed by atoms with Crippen molar-refractivity contribution in [3.63, 3.8) is 0 Å². The third-order valence-corrected chi connectivity index (χ3v) is 5.36. The maximum atomic E-state index is 5.88. The molecule has 0 aliphatic carbocycles. The number of thiophene rings is 1. The van der Waals surface area contributed by atoms with Crippen LogP contribution in [0.5, 0.6) is 5.75 Å². The van der Waals surface area contributed by atoms with Crippen molar-refractivity contribution in [1.29, 1.82) is 0 Å². The van der Waals surface area contributed by atoms with Gasteiger partial charge in [0.15, 0.2) is 0 Å². The molecule has 1 aromatic carbocycles. The monoisotopic (exact) mass is 355 g/mol. The lowest BCUT2D eigenvalue weighted by Crippen LogP contribution is -2.45. The third kappa shape index (κ3) is 3.07. The van der Waals surface area contributed by atoms with Crippen molar-refractivity contribution < 1.29 is 9.47 Å². The van der Waals surface area contributed by atoms with Gasteiger partial charge in [-0.15, -0.1) is 11.3 Å². The van der Waals surface area contributed by atoms with E-state index in [4.69, 9.17) is 9.47 Å². The van der Waals surface area contributed by atoms with Gasteiger partial charge < -0.3 is 14.4 Å². The van der Waals surface area contributed by atoms with E-state index < -0.39 is 0 Å². The molecule has 0 bridgehead atoms.